The maximum Gasteiger partial charge on any atom is 0.281 e. The van der Waals surface area contributed by atoms with Crippen LogP contribution in [-0.4, -0.2) is 16.8 Å². The monoisotopic (exact) mass is 357 g/mol. The van der Waals surface area contributed by atoms with Crippen molar-refractivity contribution in [1.29, 1.82) is 0 Å². The van der Waals surface area contributed by atoms with Crippen molar-refractivity contribution >= 4 is 46.6 Å². The highest BCUT2D eigenvalue weighted by atomic mass is 35.5. The van der Waals surface area contributed by atoms with Gasteiger partial charge in [-0.25, -0.2) is 4.42 Å². The number of anilines is 1. The molecule has 0 heterocycles. The van der Waals surface area contributed by atoms with E-state index in [0.717, 1.165) is 9.98 Å². The Bertz CT molecular complexity index is 647. The van der Waals surface area contributed by atoms with E-state index in [1.165, 1.54) is 0 Å². The van der Waals surface area contributed by atoms with Crippen molar-refractivity contribution in [3.63, 3.8) is 0 Å². The van der Waals surface area contributed by atoms with Crippen LogP contribution in [0.5, 0.6) is 5.75 Å². The van der Waals surface area contributed by atoms with Crippen LogP contribution < -0.4 is 9.16 Å². The summed E-state index contributed by atoms with van der Waals surface area (Å²) in [6.45, 7) is 1.68. The van der Waals surface area contributed by atoms with Crippen molar-refractivity contribution in [2.24, 2.45) is 0 Å². The number of carbonyl (C=O) groups excluding carboxylic acids is 1. The van der Waals surface area contributed by atoms with Crippen LogP contribution in [0.25, 0.3) is 0 Å². The minimum atomic E-state index is -1.79. The molecule has 0 saturated heterocycles. The van der Waals surface area contributed by atoms with Gasteiger partial charge in [-0.2, -0.15) is 0 Å². The standard InChI is InChI=1S/C16H14Cl3NO2/c1-12-7-5-6-10-14(12)22-11-16(17,18)15(21)20(19)13-8-3-2-4-9-13/h2-10H,11H2,1H3. The van der Waals surface area contributed by atoms with Crippen LogP contribution in [0.3, 0.4) is 0 Å². The summed E-state index contributed by atoms with van der Waals surface area (Å²) in [4.78, 5) is 12.3. The van der Waals surface area contributed by atoms with Gasteiger partial charge in [-0.05, 0) is 30.7 Å². The normalized spacial score (nSPS) is 11.1. The van der Waals surface area contributed by atoms with Crippen LogP contribution in [-0.2, 0) is 4.79 Å². The molecule has 3 nitrogen and oxygen atoms in total. The maximum atomic E-state index is 12.3. The van der Waals surface area contributed by atoms with Crippen molar-refractivity contribution in [3.05, 3.63) is 60.2 Å². The van der Waals surface area contributed by atoms with Crippen molar-refractivity contribution in [1.82, 2.24) is 0 Å². The quantitative estimate of drug-likeness (QED) is 0.571. The average Bonchev–Trinajstić information content (AvgIpc) is 2.53. The molecule has 0 aliphatic rings. The van der Waals surface area contributed by atoms with E-state index in [-0.39, 0.29) is 6.61 Å². The molecule has 0 N–H and O–H groups in total. The van der Waals surface area contributed by atoms with Gasteiger partial charge in [0.2, 0.25) is 4.33 Å². The second-order valence-corrected chi connectivity index (χ2v) is 6.50. The summed E-state index contributed by atoms with van der Waals surface area (Å²) in [6.07, 6.45) is 0. The maximum absolute atomic E-state index is 12.3. The first-order valence-corrected chi connectivity index (χ1v) is 7.63. The summed E-state index contributed by atoms with van der Waals surface area (Å²) in [5.41, 5.74) is 1.40. The third kappa shape index (κ3) is 4.07. The zero-order chi connectivity index (χ0) is 16.2. The number of nitrogens with zero attached hydrogens (tertiary/aromatic N) is 1. The van der Waals surface area contributed by atoms with E-state index in [1.54, 1.807) is 30.3 Å². The Kier molecular flexibility index (Phi) is 5.57. The Morgan fingerprint density at radius 2 is 1.68 bits per heavy atom. The van der Waals surface area contributed by atoms with Gasteiger partial charge in [0.1, 0.15) is 12.4 Å². The molecule has 0 bridgehead atoms. The van der Waals surface area contributed by atoms with E-state index in [0.29, 0.717) is 11.4 Å². The molecule has 116 valence electrons. The Labute approximate surface area is 144 Å². The lowest BCUT2D eigenvalue weighted by Gasteiger charge is -2.24. The third-order valence-electron chi connectivity index (χ3n) is 2.98. The number of halogens is 3. The molecule has 1 amide bonds. The molecule has 2 rings (SSSR count). The van der Waals surface area contributed by atoms with Crippen LogP contribution in [0.15, 0.2) is 54.6 Å². The number of hydrogen-bond acceptors (Lipinski definition) is 2. The van der Waals surface area contributed by atoms with E-state index < -0.39 is 10.2 Å². The molecule has 0 aliphatic carbocycles. The average molecular weight is 359 g/mol. The molecule has 0 atom stereocenters. The Morgan fingerprint density at radius 1 is 1.09 bits per heavy atom. The molecule has 6 heteroatoms. The van der Waals surface area contributed by atoms with E-state index in [9.17, 15) is 4.79 Å². The predicted octanol–water partition coefficient (Wildman–Crippen LogP) is 4.73. The van der Waals surface area contributed by atoms with E-state index in [2.05, 4.69) is 0 Å². The molecular formula is C16H14Cl3NO2. The lowest BCUT2D eigenvalue weighted by atomic mass is 10.2. The minimum Gasteiger partial charge on any atom is -0.490 e. The molecule has 0 aromatic heterocycles. The largest absolute Gasteiger partial charge is 0.490 e. The van der Waals surface area contributed by atoms with Gasteiger partial charge in [-0.3, -0.25) is 4.79 Å². The zero-order valence-electron chi connectivity index (χ0n) is 11.8. The van der Waals surface area contributed by atoms with Crippen molar-refractivity contribution in [3.8, 4) is 5.75 Å². The molecule has 2 aromatic rings. The number of rotatable bonds is 5. The zero-order valence-corrected chi connectivity index (χ0v) is 14.1. The summed E-state index contributed by atoms with van der Waals surface area (Å²) in [6, 6.07) is 16.1. The second-order valence-electron chi connectivity index (χ2n) is 4.68. The lowest BCUT2D eigenvalue weighted by Crippen LogP contribution is -2.41. The van der Waals surface area contributed by atoms with Gasteiger partial charge in [0.05, 0.1) is 5.69 Å². The highest BCUT2D eigenvalue weighted by molar-refractivity contribution is 6.62. The van der Waals surface area contributed by atoms with Gasteiger partial charge < -0.3 is 4.74 Å². The van der Waals surface area contributed by atoms with Crippen LogP contribution >= 0.6 is 35.0 Å². The summed E-state index contributed by atoms with van der Waals surface area (Å²) in [7, 11) is 0. The Balaban J connectivity index is 2.06. The van der Waals surface area contributed by atoms with Gasteiger partial charge in [-0.1, -0.05) is 59.6 Å². The van der Waals surface area contributed by atoms with Gasteiger partial charge in [-0.15, -0.1) is 0 Å². The fraction of sp³-hybridized carbons (Fsp3) is 0.188. The summed E-state index contributed by atoms with van der Waals surface area (Å²) < 4.78 is 4.64. The number of aryl methyl sites for hydroxylation is 1. The minimum absolute atomic E-state index is 0.212. The van der Waals surface area contributed by atoms with Crippen molar-refractivity contribution in [2.45, 2.75) is 11.3 Å². The number of hydrogen-bond donors (Lipinski definition) is 0. The number of benzene rings is 2. The van der Waals surface area contributed by atoms with Gasteiger partial charge in [0.15, 0.2) is 0 Å². The van der Waals surface area contributed by atoms with Gasteiger partial charge in [0.25, 0.3) is 5.91 Å². The fourth-order valence-corrected chi connectivity index (χ4v) is 2.39. The topological polar surface area (TPSA) is 29.5 Å². The van der Waals surface area contributed by atoms with Crippen LogP contribution in [0.4, 0.5) is 5.69 Å². The van der Waals surface area contributed by atoms with Crippen LogP contribution in [0.2, 0.25) is 0 Å². The van der Waals surface area contributed by atoms with Crippen molar-refractivity contribution in [2.75, 3.05) is 11.0 Å². The molecule has 0 radical (unpaired) electrons. The molecule has 0 aliphatic heterocycles. The lowest BCUT2D eigenvalue weighted by molar-refractivity contribution is -0.118. The van der Waals surface area contributed by atoms with Crippen molar-refractivity contribution < 1.29 is 9.53 Å². The van der Waals surface area contributed by atoms with Gasteiger partial charge in [0, 0.05) is 11.8 Å². The second kappa shape index (κ2) is 7.23. The van der Waals surface area contributed by atoms with Gasteiger partial charge >= 0.3 is 0 Å². The first-order chi connectivity index (χ1) is 10.4. The predicted molar refractivity (Wildman–Crippen MR) is 90.9 cm³/mol. The summed E-state index contributed by atoms with van der Waals surface area (Å²) in [5.74, 6) is -0.0564. The van der Waals surface area contributed by atoms with Crippen LogP contribution in [0.1, 0.15) is 5.56 Å². The molecule has 0 unspecified atom stereocenters. The number of amides is 1. The first kappa shape index (κ1) is 16.9. The molecule has 22 heavy (non-hydrogen) atoms. The molecule has 0 spiro atoms. The smallest absolute Gasteiger partial charge is 0.281 e. The molecular weight excluding hydrogens is 345 g/mol. The Hall–Kier alpha value is -1.42. The third-order valence-corrected chi connectivity index (χ3v) is 3.87. The number of ether oxygens (including phenoxy) is 1. The number of carbonyl (C=O) groups is 1. The summed E-state index contributed by atoms with van der Waals surface area (Å²) >= 11 is 18.2. The summed E-state index contributed by atoms with van der Waals surface area (Å²) in [5, 5.41) is 0. The number of para-hydroxylation sites is 2. The molecule has 0 saturated carbocycles. The first-order valence-electron chi connectivity index (χ1n) is 6.53. The van der Waals surface area contributed by atoms with E-state index in [4.69, 9.17) is 39.7 Å². The highest BCUT2D eigenvalue weighted by Crippen LogP contribution is 2.30. The Morgan fingerprint density at radius 3 is 2.32 bits per heavy atom. The van der Waals surface area contributed by atoms with Crippen LogP contribution in [0, 0.1) is 6.92 Å². The number of alkyl halides is 2. The molecule has 0 fully saturated rings. The fourth-order valence-electron chi connectivity index (χ4n) is 1.77. The van der Waals surface area contributed by atoms with E-state index in [1.807, 2.05) is 31.2 Å². The highest BCUT2D eigenvalue weighted by Gasteiger charge is 2.39. The van der Waals surface area contributed by atoms with E-state index >= 15 is 0 Å². The molecule has 2 aromatic carbocycles. The SMILES string of the molecule is Cc1ccccc1OCC(Cl)(Cl)C(=O)N(Cl)c1ccccc1.